The molecule has 0 bridgehead atoms. The first-order chi connectivity index (χ1) is 14.6. The van der Waals surface area contributed by atoms with Gasteiger partial charge in [0.15, 0.2) is 0 Å². The van der Waals surface area contributed by atoms with Crippen LogP contribution in [0.3, 0.4) is 0 Å². The van der Waals surface area contributed by atoms with E-state index in [1.165, 1.54) is 22.3 Å². The minimum absolute atomic E-state index is 0.442. The van der Waals surface area contributed by atoms with Gasteiger partial charge in [-0.25, -0.2) is 0 Å². The summed E-state index contributed by atoms with van der Waals surface area (Å²) in [7, 11) is 9.34. The van der Waals surface area contributed by atoms with Crippen LogP contribution in [0.4, 0.5) is 11.4 Å². The Labute approximate surface area is 204 Å². The number of aliphatic imine (C=N–C) groups is 2. The molecule has 0 heterocycles. The van der Waals surface area contributed by atoms with Gasteiger partial charge in [-0.15, -0.1) is 0 Å². The Bertz CT molecular complexity index is 748. The zero-order valence-electron chi connectivity index (χ0n) is 19.9. The first-order valence-corrected chi connectivity index (χ1v) is 13.4. The van der Waals surface area contributed by atoms with Crippen LogP contribution in [0, 0.1) is 0 Å². The number of nitrogens with zero attached hydrogens (tertiary/aromatic N) is 2. The van der Waals surface area contributed by atoms with E-state index in [4.69, 9.17) is 9.98 Å². The molecular formula is C26H36Cl2CuN2. The van der Waals surface area contributed by atoms with Gasteiger partial charge in [0.1, 0.15) is 0 Å². The molecule has 5 heteroatoms. The molecule has 0 radical (unpaired) electrons. The second-order valence-electron chi connectivity index (χ2n) is 8.79. The monoisotopic (exact) mass is 509 g/mol. The summed E-state index contributed by atoms with van der Waals surface area (Å²) in [5, 5.41) is 0. The molecule has 175 valence electrons. The van der Waals surface area contributed by atoms with Crippen LogP contribution < -0.4 is 0 Å². The Balaban J connectivity index is 0.00000151. The van der Waals surface area contributed by atoms with Crippen molar-refractivity contribution in [1.82, 2.24) is 0 Å². The molecule has 0 aliphatic heterocycles. The Kier molecular flexibility index (Phi) is 12.7. The van der Waals surface area contributed by atoms with Crippen molar-refractivity contribution in [2.75, 3.05) is 0 Å². The number of para-hydroxylation sites is 2. The first kappa shape index (κ1) is 27.9. The number of halogens is 2. The summed E-state index contributed by atoms with van der Waals surface area (Å²) in [5.41, 5.74) is 7.37. The Morgan fingerprint density at radius 1 is 0.581 bits per heavy atom. The average Bonchev–Trinajstić information content (AvgIpc) is 2.71. The molecule has 0 N–H and O–H groups in total. The van der Waals surface area contributed by atoms with Crippen LogP contribution in [0.15, 0.2) is 46.4 Å². The molecule has 0 aliphatic rings. The molecule has 0 saturated carbocycles. The van der Waals surface area contributed by atoms with Crippen molar-refractivity contribution in [2.45, 2.75) is 79.1 Å². The van der Waals surface area contributed by atoms with Gasteiger partial charge >= 0.3 is 33.3 Å². The number of hydrogen-bond acceptors (Lipinski definition) is 2. The van der Waals surface area contributed by atoms with Gasteiger partial charge in [0.25, 0.3) is 0 Å². The number of benzene rings is 2. The fraction of sp³-hybridized carbons (Fsp3) is 0.462. The van der Waals surface area contributed by atoms with Crippen molar-refractivity contribution in [2.24, 2.45) is 9.98 Å². The third kappa shape index (κ3) is 8.39. The molecule has 2 rings (SSSR count). The normalized spacial score (nSPS) is 12.1. The van der Waals surface area contributed by atoms with E-state index in [-0.39, 0.29) is 0 Å². The fourth-order valence-electron chi connectivity index (χ4n) is 3.54. The molecule has 0 unspecified atom stereocenters. The van der Waals surface area contributed by atoms with E-state index >= 15 is 0 Å². The molecule has 0 saturated heterocycles. The predicted octanol–water partition coefficient (Wildman–Crippen LogP) is 9.66. The van der Waals surface area contributed by atoms with Crippen molar-refractivity contribution in [3.05, 3.63) is 58.7 Å². The van der Waals surface area contributed by atoms with Crippen molar-refractivity contribution >= 4 is 44.0 Å². The average molecular weight is 511 g/mol. The Morgan fingerprint density at radius 2 is 0.806 bits per heavy atom. The molecule has 0 fully saturated rings. The van der Waals surface area contributed by atoms with E-state index in [1.807, 2.05) is 12.4 Å². The van der Waals surface area contributed by atoms with Crippen molar-refractivity contribution < 1.29 is 13.1 Å². The van der Waals surface area contributed by atoms with Crippen LogP contribution in [0.1, 0.15) is 101 Å². The first-order valence-electron chi connectivity index (χ1n) is 10.8. The molecule has 0 spiro atoms. The van der Waals surface area contributed by atoms with Crippen LogP contribution in [0.5, 0.6) is 0 Å². The van der Waals surface area contributed by atoms with Crippen LogP contribution in [0.2, 0.25) is 0 Å². The summed E-state index contributed by atoms with van der Waals surface area (Å²) in [6.45, 7) is 17.8. The predicted molar refractivity (Wildman–Crippen MR) is 137 cm³/mol. The van der Waals surface area contributed by atoms with Crippen LogP contribution in [-0.2, 0) is 13.1 Å². The molecule has 0 atom stereocenters. The summed E-state index contributed by atoms with van der Waals surface area (Å²) >= 11 is 0.757. The number of hydrogen-bond donors (Lipinski definition) is 0. The molecule has 2 aromatic carbocycles. The quantitative estimate of drug-likeness (QED) is 0.261. The van der Waals surface area contributed by atoms with Gasteiger partial charge in [0.2, 0.25) is 0 Å². The molecule has 0 aliphatic carbocycles. The second kappa shape index (κ2) is 14.1. The van der Waals surface area contributed by atoms with Gasteiger partial charge in [0.05, 0.1) is 11.4 Å². The van der Waals surface area contributed by atoms with Crippen LogP contribution in [0.25, 0.3) is 0 Å². The third-order valence-electron chi connectivity index (χ3n) is 5.16. The maximum atomic E-state index is 4.84. The topological polar surface area (TPSA) is 24.7 Å². The number of rotatable bonds is 7. The van der Waals surface area contributed by atoms with Crippen molar-refractivity contribution in [1.29, 1.82) is 0 Å². The molecule has 0 aromatic heterocycles. The molecule has 2 nitrogen and oxygen atoms in total. The zero-order valence-corrected chi connectivity index (χ0v) is 22.3. The van der Waals surface area contributed by atoms with E-state index in [2.05, 4.69) is 112 Å². The van der Waals surface area contributed by atoms with E-state index in [0.29, 0.717) is 23.7 Å². The summed E-state index contributed by atoms with van der Waals surface area (Å²) in [6.07, 6.45) is 3.71. The Morgan fingerprint density at radius 3 is 1.00 bits per heavy atom. The molecule has 31 heavy (non-hydrogen) atoms. The second-order valence-corrected chi connectivity index (χ2v) is 10.3. The van der Waals surface area contributed by atoms with Crippen LogP contribution >= 0.6 is 20.2 Å². The summed E-state index contributed by atoms with van der Waals surface area (Å²) in [6, 6.07) is 13.0. The van der Waals surface area contributed by atoms with Gasteiger partial charge in [-0.1, -0.05) is 91.8 Å². The van der Waals surface area contributed by atoms with Gasteiger partial charge < -0.3 is 0 Å². The third-order valence-corrected chi connectivity index (χ3v) is 5.16. The summed E-state index contributed by atoms with van der Waals surface area (Å²) in [5.74, 6) is 1.77. The van der Waals surface area contributed by atoms with E-state index in [0.717, 1.165) is 24.5 Å². The van der Waals surface area contributed by atoms with Gasteiger partial charge in [0, 0.05) is 12.4 Å². The standard InChI is InChI=1S/C26H36N2.2ClH.Cu/c1-17(2)21-11-9-12-22(18(3)4)25(21)27-15-16-28-26-23(19(5)6)13-10-14-24(26)20(7)8;;;/h9-20H,1-8H3;2*1H;/q;;;+2/p-2. The zero-order chi connectivity index (χ0) is 23.6. The van der Waals surface area contributed by atoms with Gasteiger partial charge in [-0.3, -0.25) is 9.98 Å². The van der Waals surface area contributed by atoms with E-state index in [9.17, 15) is 0 Å². The van der Waals surface area contributed by atoms with Crippen LogP contribution in [-0.4, -0.2) is 12.4 Å². The molecular weight excluding hydrogens is 475 g/mol. The van der Waals surface area contributed by atoms with Gasteiger partial charge in [-0.2, -0.15) is 0 Å². The Hall–Kier alpha value is -1.12. The van der Waals surface area contributed by atoms with Gasteiger partial charge in [-0.05, 0) is 45.9 Å². The summed E-state index contributed by atoms with van der Waals surface area (Å²) < 4.78 is 0. The van der Waals surface area contributed by atoms with Crippen molar-refractivity contribution in [3.63, 3.8) is 0 Å². The van der Waals surface area contributed by atoms with E-state index < -0.39 is 0 Å². The molecule has 0 amide bonds. The fourth-order valence-corrected chi connectivity index (χ4v) is 3.54. The van der Waals surface area contributed by atoms with Crippen molar-refractivity contribution in [3.8, 4) is 0 Å². The minimum atomic E-state index is 0.442. The maximum absolute atomic E-state index is 4.84. The van der Waals surface area contributed by atoms with E-state index in [1.54, 1.807) is 0 Å². The molecule has 2 aromatic rings. The SMILES string of the molecule is CC(C)c1cccc(C(C)C)c1N=CC=Nc1c(C(C)C)cccc1C(C)C.[Cl][Cu][Cl]. The summed E-state index contributed by atoms with van der Waals surface area (Å²) in [4.78, 5) is 9.68.